The molecule has 6 nitrogen and oxygen atoms in total. The van der Waals surface area contributed by atoms with Crippen molar-refractivity contribution in [3.8, 4) is 11.5 Å². The Balaban J connectivity index is 1.69. The van der Waals surface area contributed by atoms with Crippen molar-refractivity contribution in [3.63, 3.8) is 0 Å². The molecule has 1 unspecified atom stereocenters. The van der Waals surface area contributed by atoms with Crippen LogP contribution in [0, 0.1) is 6.92 Å². The highest BCUT2D eigenvalue weighted by Crippen LogP contribution is 2.34. The van der Waals surface area contributed by atoms with Crippen LogP contribution in [-0.2, 0) is 5.75 Å². The lowest BCUT2D eigenvalue weighted by molar-refractivity contribution is 0.174. The summed E-state index contributed by atoms with van der Waals surface area (Å²) < 4.78 is 12.6. The van der Waals surface area contributed by atoms with E-state index >= 15 is 0 Å². The third-order valence-electron chi connectivity index (χ3n) is 4.62. The van der Waals surface area contributed by atoms with E-state index in [-0.39, 0.29) is 18.4 Å². The number of aryl methyl sites for hydroxylation is 1. The van der Waals surface area contributed by atoms with Gasteiger partial charge >= 0.3 is 0 Å². The van der Waals surface area contributed by atoms with Gasteiger partial charge in [-0.05, 0) is 44.0 Å². The average molecular weight is 371 g/mol. The molecule has 1 aliphatic heterocycles. The fraction of sp³-hybridized carbons (Fsp3) is 0.368. The lowest BCUT2D eigenvalue weighted by Crippen LogP contribution is -2.26. The number of hydrogen-bond acceptors (Lipinski definition) is 5. The van der Waals surface area contributed by atoms with Gasteiger partial charge in [-0.1, -0.05) is 24.8 Å². The number of thioether (sulfide) groups is 1. The maximum atomic E-state index is 13.0. The number of ether oxygens (including phenoxy) is 2. The van der Waals surface area contributed by atoms with Crippen LogP contribution in [0.4, 0.5) is 0 Å². The number of nitrogens with one attached hydrogen (secondary N) is 1. The monoisotopic (exact) mass is 371 g/mol. The Morgan fingerprint density at radius 3 is 2.92 bits per heavy atom. The van der Waals surface area contributed by atoms with Crippen LogP contribution in [0.1, 0.15) is 37.6 Å². The quantitative estimate of drug-likeness (QED) is 0.542. The molecule has 1 atom stereocenters. The number of H-pyrrole nitrogens is 1. The van der Waals surface area contributed by atoms with Gasteiger partial charge in [0.25, 0.3) is 5.56 Å². The molecule has 0 saturated heterocycles. The van der Waals surface area contributed by atoms with E-state index in [1.807, 2.05) is 31.2 Å². The van der Waals surface area contributed by atoms with Crippen LogP contribution in [0.15, 0.2) is 34.2 Å². The van der Waals surface area contributed by atoms with Crippen LogP contribution in [0.2, 0.25) is 0 Å². The lowest BCUT2D eigenvalue weighted by Gasteiger charge is -2.17. The van der Waals surface area contributed by atoms with Crippen LogP contribution >= 0.6 is 11.8 Å². The minimum absolute atomic E-state index is 0.00867. The van der Waals surface area contributed by atoms with E-state index in [0.717, 1.165) is 39.9 Å². The summed E-state index contributed by atoms with van der Waals surface area (Å²) in [5.41, 5.74) is 3.34. The second-order valence-corrected chi connectivity index (χ2v) is 7.46. The van der Waals surface area contributed by atoms with Gasteiger partial charge < -0.3 is 14.5 Å². The van der Waals surface area contributed by atoms with Crippen molar-refractivity contribution in [2.45, 2.75) is 44.1 Å². The van der Waals surface area contributed by atoms with E-state index in [1.54, 1.807) is 16.3 Å². The molecule has 3 aromatic rings. The second-order valence-electron chi connectivity index (χ2n) is 6.52. The predicted molar refractivity (Wildman–Crippen MR) is 102 cm³/mol. The second kappa shape index (κ2) is 6.72. The van der Waals surface area contributed by atoms with E-state index in [9.17, 15) is 4.79 Å². The standard InChI is InChI=1S/C19H21N3O3S/c1-4-12(3)22-18(23)17-14(7-11(2)20-17)21-19(22)26-9-13-5-6-15-16(8-13)25-10-24-15/h5-8,12,20H,4,9-10H2,1-3H3. The molecule has 2 aromatic heterocycles. The Morgan fingerprint density at radius 1 is 1.31 bits per heavy atom. The fourth-order valence-corrected chi connectivity index (χ4v) is 4.08. The largest absolute Gasteiger partial charge is 0.454 e. The number of aromatic nitrogens is 3. The van der Waals surface area contributed by atoms with Crippen molar-refractivity contribution in [2.24, 2.45) is 0 Å². The zero-order valence-electron chi connectivity index (χ0n) is 15.0. The van der Waals surface area contributed by atoms with Gasteiger partial charge in [-0.25, -0.2) is 4.98 Å². The van der Waals surface area contributed by atoms with Gasteiger partial charge in [-0.3, -0.25) is 9.36 Å². The first-order valence-corrected chi connectivity index (χ1v) is 9.68. The molecule has 0 bridgehead atoms. The molecular weight excluding hydrogens is 350 g/mol. The van der Waals surface area contributed by atoms with Gasteiger partial charge in [0.1, 0.15) is 5.52 Å². The maximum Gasteiger partial charge on any atom is 0.278 e. The van der Waals surface area contributed by atoms with E-state index in [0.29, 0.717) is 11.3 Å². The van der Waals surface area contributed by atoms with E-state index in [1.165, 1.54) is 0 Å². The zero-order chi connectivity index (χ0) is 18.3. The summed E-state index contributed by atoms with van der Waals surface area (Å²) in [4.78, 5) is 20.9. The molecule has 0 fully saturated rings. The van der Waals surface area contributed by atoms with Crippen molar-refractivity contribution in [2.75, 3.05) is 6.79 Å². The first-order chi connectivity index (χ1) is 12.6. The minimum Gasteiger partial charge on any atom is -0.454 e. The lowest BCUT2D eigenvalue weighted by atomic mass is 10.2. The SMILES string of the molecule is CCC(C)n1c(SCc2ccc3c(c2)OCO3)nc2cc(C)[nH]c2c1=O. The van der Waals surface area contributed by atoms with Crippen LogP contribution in [-0.4, -0.2) is 21.3 Å². The topological polar surface area (TPSA) is 69.1 Å². The van der Waals surface area contributed by atoms with E-state index in [2.05, 4.69) is 18.8 Å². The van der Waals surface area contributed by atoms with Crippen LogP contribution in [0.25, 0.3) is 11.0 Å². The number of nitrogens with zero attached hydrogens (tertiary/aromatic N) is 2. The normalized spacial score (nSPS) is 14.1. The molecule has 4 rings (SSSR count). The van der Waals surface area contributed by atoms with Crippen LogP contribution in [0.3, 0.4) is 0 Å². The molecule has 136 valence electrons. The Morgan fingerprint density at radius 2 is 2.12 bits per heavy atom. The molecule has 0 saturated carbocycles. The maximum absolute atomic E-state index is 13.0. The molecule has 1 aromatic carbocycles. The first kappa shape index (κ1) is 17.0. The zero-order valence-corrected chi connectivity index (χ0v) is 15.9. The summed E-state index contributed by atoms with van der Waals surface area (Å²) in [5, 5.41) is 0.744. The smallest absolute Gasteiger partial charge is 0.278 e. The highest BCUT2D eigenvalue weighted by molar-refractivity contribution is 7.98. The van der Waals surface area contributed by atoms with Gasteiger partial charge in [0.2, 0.25) is 6.79 Å². The highest BCUT2D eigenvalue weighted by atomic mass is 32.2. The van der Waals surface area contributed by atoms with Gasteiger partial charge in [0, 0.05) is 17.5 Å². The summed E-state index contributed by atoms with van der Waals surface area (Å²) in [6.45, 7) is 6.33. The first-order valence-electron chi connectivity index (χ1n) is 8.70. The average Bonchev–Trinajstić information content (AvgIpc) is 3.24. The molecule has 0 aliphatic carbocycles. The summed E-state index contributed by atoms with van der Waals surface area (Å²) in [5.74, 6) is 2.25. The molecule has 1 aliphatic rings. The molecule has 0 radical (unpaired) electrons. The van der Waals surface area contributed by atoms with Crippen molar-refractivity contribution in [3.05, 3.63) is 45.9 Å². The molecule has 26 heavy (non-hydrogen) atoms. The summed E-state index contributed by atoms with van der Waals surface area (Å²) >= 11 is 1.57. The van der Waals surface area contributed by atoms with Crippen molar-refractivity contribution >= 4 is 22.8 Å². The molecule has 0 amide bonds. The molecule has 1 N–H and O–H groups in total. The van der Waals surface area contributed by atoms with Gasteiger partial charge in [0.05, 0.1) is 5.52 Å². The minimum atomic E-state index is -0.00867. The van der Waals surface area contributed by atoms with Crippen molar-refractivity contribution < 1.29 is 9.47 Å². The van der Waals surface area contributed by atoms with Gasteiger partial charge in [-0.2, -0.15) is 0 Å². The number of fused-ring (bicyclic) bond motifs is 2. The van der Waals surface area contributed by atoms with Crippen LogP contribution in [0.5, 0.6) is 11.5 Å². The molecule has 7 heteroatoms. The van der Waals surface area contributed by atoms with Crippen molar-refractivity contribution in [1.29, 1.82) is 0 Å². The molecule has 3 heterocycles. The molecular formula is C19H21N3O3S. The van der Waals surface area contributed by atoms with Gasteiger partial charge in [-0.15, -0.1) is 0 Å². The Hall–Kier alpha value is -2.41. The third-order valence-corrected chi connectivity index (χ3v) is 5.65. The highest BCUT2D eigenvalue weighted by Gasteiger charge is 2.18. The van der Waals surface area contributed by atoms with Crippen molar-refractivity contribution in [1.82, 2.24) is 14.5 Å². The number of aromatic amines is 1. The number of rotatable bonds is 5. The fourth-order valence-electron chi connectivity index (χ4n) is 3.04. The number of benzene rings is 1. The molecule has 0 spiro atoms. The summed E-state index contributed by atoms with van der Waals surface area (Å²) in [6, 6.07) is 7.93. The predicted octanol–water partition coefficient (Wildman–Crippen LogP) is 4.03. The van der Waals surface area contributed by atoms with E-state index < -0.39 is 0 Å². The number of hydrogen-bond donors (Lipinski definition) is 1. The van der Waals surface area contributed by atoms with Crippen LogP contribution < -0.4 is 15.0 Å². The van der Waals surface area contributed by atoms with E-state index in [4.69, 9.17) is 14.5 Å². The third kappa shape index (κ3) is 2.96. The summed E-state index contributed by atoms with van der Waals surface area (Å²) in [7, 11) is 0. The summed E-state index contributed by atoms with van der Waals surface area (Å²) in [6.07, 6.45) is 0.865. The Kier molecular flexibility index (Phi) is 4.40. The van der Waals surface area contributed by atoms with Gasteiger partial charge in [0.15, 0.2) is 16.7 Å². The Bertz CT molecular complexity index is 1020. The Labute approximate surface area is 155 Å².